The Morgan fingerprint density at radius 2 is 1.86 bits per heavy atom. The molecule has 1 aromatic carbocycles. The lowest BCUT2D eigenvalue weighted by atomic mass is 9.95. The van der Waals surface area contributed by atoms with E-state index in [4.69, 9.17) is 9.84 Å². The average Bonchev–Trinajstić information content (AvgIpc) is 2.53. The van der Waals surface area contributed by atoms with Gasteiger partial charge in [-0.2, -0.15) is 0 Å². The Bertz CT molecular complexity index is 380. The number of nitrogens with one attached hydrogen (secondary N) is 1. The fraction of sp³-hybridized carbons (Fsp3) is 0.647. The van der Waals surface area contributed by atoms with Gasteiger partial charge in [0.05, 0.1) is 19.8 Å². The van der Waals surface area contributed by atoms with Gasteiger partial charge in [0.15, 0.2) is 0 Å². The molecule has 0 aliphatic rings. The maximum absolute atomic E-state index is 9.48. The first kappa shape index (κ1) is 18.0. The van der Waals surface area contributed by atoms with Crippen molar-refractivity contribution < 1.29 is 14.9 Å². The van der Waals surface area contributed by atoms with Gasteiger partial charge in [-0.1, -0.05) is 19.1 Å². The van der Waals surface area contributed by atoms with Gasteiger partial charge in [0.2, 0.25) is 0 Å². The molecule has 0 aliphatic heterocycles. The highest BCUT2D eigenvalue weighted by Gasteiger charge is 2.21. The normalized spacial score (nSPS) is 13.9. The number of ether oxygens (including phenoxy) is 1. The Morgan fingerprint density at radius 1 is 1.14 bits per heavy atom. The molecule has 3 N–H and O–H groups in total. The first-order valence-corrected chi connectivity index (χ1v) is 7.82. The number of hydrogen-bond acceptors (Lipinski definition) is 4. The molecule has 1 atom stereocenters. The highest BCUT2D eigenvalue weighted by atomic mass is 16.5. The molecule has 0 radical (unpaired) electrons. The highest BCUT2D eigenvalue weighted by Crippen LogP contribution is 2.15. The maximum atomic E-state index is 9.48. The summed E-state index contributed by atoms with van der Waals surface area (Å²) in [6.07, 6.45) is 3.99. The molecule has 0 saturated heterocycles. The molecule has 4 heteroatoms. The average molecular weight is 295 g/mol. The molecule has 0 amide bonds. The summed E-state index contributed by atoms with van der Waals surface area (Å²) in [6, 6.07) is 7.50. The molecule has 0 saturated carbocycles. The zero-order chi connectivity index (χ0) is 15.6. The van der Waals surface area contributed by atoms with Gasteiger partial charge in [-0.3, -0.25) is 0 Å². The lowest BCUT2D eigenvalue weighted by Crippen LogP contribution is -2.46. The fourth-order valence-electron chi connectivity index (χ4n) is 2.15. The second kappa shape index (κ2) is 9.77. The summed E-state index contributed by atoms with van der Waals surface area (Å²) in [5, 5.41) is 21.9. The van der Waals surface area contributed by atoms with Crippen LogP contribution in [-0.4, -0.2) is 35.5 Å². The third-order valence-electron chi connectivity index (χ3n) is 3.65. The summed E-state index contributed by atoms with van der Waals surface area (Å²) in [5.41, 5.74) is 0.710. The number of hydrogen-bond donors (Lipinski definition) is 3. The summed E-state index contributed by atoms with van der Waals surface area (Å²) >= 11 is 0. The van der Waals surface area contributed by atoms with E-state index in [0.717, 1.165) is 43.5 Å². The van der Waals surface area contributed by atoms with E-state index in [1.54, 1.807) is 0 Å². The monoisotopic (exact) mass is 295 g/mol. The minimum absolute atomic E-state index is 0.0603. The van der Waals surface area contributed by atoms with Crippen LogP contribution in [0.3, 0.4) is 0 Å². The molecule has 1 rings (SSSR count). The Balaban J connectivity index is 2.20. The first-order valence-electron chi connectivity index (χ1n) is 7.82. The van der Waals surface area contributed by atoms with Crippen LogP contribution in [0.2, 0.25) is 0 Å². The standard InChI is InChI=1S/C17H29NO3/c1-3-11-18-17(2,14-20)10-4-5-12-21-16-8-6-15(13-19)7-9-16/h6-9,18-20H,3-5,10-14H2,1-2H3. The third-order valence-corrected chi connectivity index (χ3v) is 3.65. The van der Waals surface area contributed by atoms with E-state index in [2.05, 4.69) is 19.2 Å². The molecule has 0 fully saturated rings. The molecule has 0 aromatic heterocycles. The van der Waals surface area contributed by atoms with E-state index >= 15 is 0 Å². The van der Waals surface area contributed by atoms with E-state index in [1.807, 2.05) is 24.3 Å². The van der Waals surface area contributed by atoms with E-state index < -0.39 is 0 Å². The molecule has 0 heterocycles. The number of aliphatic hydroxyl groups excluding tert-OH is 2. The van der Waals surface area contributed by atoms with Crippen molar-refractivity contribution in [1.82, 2.24) is 5.32 Å². The van der Waals surface area contributed by atoms with Crippen molar-refractivity contribution in [2.24, 2.45) is 0 Å². The van der Waals surface area contributed by atoms with Gasteiger partial charge in [0.25, 0.3) is 0 Å². The molecule has 21 heavy (non-hydrogen) atoms. The van der Waals surface area contributed by atoms with Crippen molar-refractivity contribution >= 4 is 0 Å². The van der Waals surface area contributed by atoms with E-state index in [0.29, 0.717) is 6.61 Å². The van der Waals surface area contributed by atoms with E-state index in [1.165, 1.54) is 0 Å². The predicted octanol–water partition coefficient (Wildman–Crippen LogP) is 2.48. The zero-order valence-electron chi connectivity index (χ0n) is 13.3. The van der Waals surface area contributed by atoms with Crippen LogP contribution in [0.1, 0.15) is 45.1 Å². The summed E-state index contributed by atoms with van der Waals surface area (Å²) in [6.45, 7) is 6.03. The summed E-state index contributed by atoms with van der Waals surface area (Å²) in [4.78, 5) is 0. The smallest absolute Gasteiger partial charge is 0.119 e. The summed E-state index contributed by atoms with van der Waals surface area (Å²) in [5.74, 6) is 0.834. The molecule has 4 nitrogen and oxygen atoms in total. The van der Waals surface area contributed by atoms with Crippen LogP contribution < -0.4 is 10.1 Å². The van der Waals surface area contributed by atoms with Crippen LogP contribution in [0.5, 0.6) is 5.75 Å². The number of rotatable bonds is 11. The topological polar surface area (TPSA) is 61.7 Å². The Kier molecular flexibility index (Phi) is 8.35. The minimum Gasteiger partial charge on any atom is -0.494 e. The lowest BCUT2D eigenvalue weighted by molar-refractivity contribution is 0.160. The molecule has 120 valence electrons. The summed E-state index contributed by atoms with van der Waals surface area (Å²) < 4.78 is 5.67. The third kappa shape index (κ3) is 6.93. The highest BCUT2D eigenvalue weighted by molar-refractivity contribution is 5.26. The van der Waals surface area contributed by atoms with Crippen LogP contribution in [-0.2, 0) is 6.61 Å². The van der Waals surface area contributed by atoms with Crippen LogP contribution >= 0.6 is 0 Å². The molecule has 0 aliphatic carbocycles. The van der Waals surface area contributed by atoms with Crippen molar-refractivity contribution in [3.8, 4) is 5.75 Å². The van der Waals surface area contributed by atoms with Crippen LogP contribution in [0.25, 0.3) is 0 Å². The van der Waals surface area contributed by atoms with Gasteiger partial charge in [-0.25, -0.2) is 0 Å². The minimum atomic E-state index is -0.182. The van der Waals surface area contributed by atoms with Gasteiger partial charge in [0, 0.05) is 5.54 Å². The van der Waals surface area contributed by atoms with E-state index in [-0.39, 0.29) is 18.8 Å². The van der Waals surface area contributed by atoms with Gasteiger partial charge in [0.1, 0.15) is 5.75 Å². The van der Waals surface area contributed by atoms with Gasteiger partial charge in [-0.15, -0.1) is 0 Å². The second-order valence-corrected chi connectivity index (χ2v) is 5.75. The SMILES string of the molecule is CCCNC(C)(CO)CCCCOc1ccc(CO)cc1. The molecular weight excluding hydrogens is 266 g/mol. The van der Waals surface area contributed by atoms with Gasteiger partial charge >= 0.3 is 0 Å². The lowest BCUT2D eigenvalue weighted by Gasteiger charge is -2.28. The van der Waals surface area contributed by atoms with Crippen molar-refractivity contribution in [2.75, 3.05) is 19.8 Å². The quantitative estimate of drug-likeness (QED) is 0.549. The van der Waals surface area contributed by atoms with Crippen molar-refractivity contribution in [3.05, 3.63) is 29.8 Å². The number of benzene rings is 1. The van der Waals surface area contributed by atoms with Crippen molar-refractivity contribution in [3.63, 3.8) is 0 Å². The largest absolute Gasteiger partial charge is 0.494 e. The number of unbranched alkanes of at least 4 members (excludes halogenated alkanes) is 1. The second-order valence-electron chi connectivity index (χ2n) is 5.75. The maximum Gasteiger partial charge on any atom is 0.119 e. The van der Waals surface area contributed by atoms with Crippen molar-refractivity contribution in [2.45, 2.75) is 51.7 Å². The van der Waals surface area contributed by atoms with Gasteiger partial charge < -0.3 is 20.3 Å². The zero-order valence-corrected chi connectivity index (χ0v) is 13.3. The van der Waals surface area contributed by atoms with Gasteiger partial charge in [-0.05, 0) is 56.8 Å². The Hall–Kier alpha value is -1.10. The van der Waals surface area contributed by atoms with E-state index in [9.17, 15) is 5.11 Å². The molecule has 1 unspecified atom stereocenters. The van der Waals surface area contributed by atoms with Crippen LogP contribution in [0, 0.1) is 0 Å². The Morgan fingerprint density at radius 3 is 2.43 bits per heavy atom. The van der Waals surface area contributed by atoms with Crippen LogP contribution in [0.15, 0.2) is 24.3 Å². The van der Waals surface area contributed by atoms with Crippen LogP contribution in [0.4, 0.5) is 0 Å². The first-order chi connectivity index (χ1) is 10.1. The molecular formula is C17H29NO3. The summed E-state index contributed by atoms with van der Waals surface area (Å²) in [7, 11) is 0. The molecule has 1 aromatic rings. The predicted molar refractivity (Wildman–Crippen MR) is 85.5 cm³/mol. The number of aliphatic hydroxyl groups is 2. The molecule has 0 spiro atoms. The molecule has 0 bridgehead atoms. The fourth-order valence-corrected chi connectivity index (χ4v) is 2.15. The van der Waals surface area contributed by atoms with Crippen molar-refractivity contribution in [1.29, 1.82) is 0 Å². The Labute approximate surface area is 128 Å².